The Labute approximate surface area is 134 Å². The maximum absolute atomic E-state index is 6.01. The molecule has 0 radical (unpaired) electrons. The number of halogens is 1. The maximum Gasteiger partial charge on any atom is 0.228 e. The molecule has 1 N–H and O–H groups in total. The third-order valence-corrected chi connectivity index (χ3v) is 4.13. The van der Waals surface area contributed by atoms with Gasteiger partial charge in [0.1, 0.15) is 6.10 Å². The van der Waals surface area contributed by atoms with E-state index < -0.39 is 0 Å². The zero-order valence-electron chi connectivity index (χ0n) is 12.9. The van der Waals surface area contributed by atoms with Crippen LogP contribution in [0.25, 0.3) is 0 Å². The average molecular weight is 355 g/mol. The van der Waals surface area contributed by atoms with Crippen molar-refractivity contribution in [2.75, 3.05) is 26.7 Å². The fourth-order valence-corrected chi connectivity index (χ4v) is 2.48. The number of pyridine rings is 1. The Morgan fingerprint density at radius 3 is 2.90 bits per heavy atom. The van der Waals surface area contributed by atoms with Gasteiger partial charge in [0.2, 0.25) is 5.88 Å². The molecule has 1 aliphatic rings. The summed E-state index contributed by atoms with van der Waals surface area (Å²) in [5.41, 5.74) is 1.74. The van der Waals surface area contributed by atoms with Crippen molar-refractivity contribution in [1.82, 2.24) is 15.2 Å². The number of ether oxygens (including phenoxy) is 1. The molecule has 5 nitrogen and oxygen atoms in total. The Hall–Kier alpha value is -1.14. The molecule has 0 unspecified atom stereocenters. The molecule has 0 bridgehead atoms. The van der Waals surface area contributed by atoms with Crippen molar-refractivity contribution in [3.63, 3.8) is 0 Å². The van der Waals surface area contributed by atoms with E-state index in [2.05, 4.69) is 38.1 Å². The van der Waals surface area contributed by atoms with E-state index in [1.54, 1.807) is 0 Å². The normalized spacial score (nSPS) is 16.4. The van der Waals surface area contributed by atoms with Gasteiger partial charge in [0.25, 0.3) is 0 Å². The summed E-state index contributed by atoms with van der Waals surface area (Å²) in [4.78, 5) is 11.0. The predicted octanol–water partition coefficient (Wildman–Crippen LogP) is 2.89. The van der Waals surface area contributed by atoms with E-state index >= 15 is 0 Å². The lowest BCUT2D eigenvalue weighted by Gasteiger charge is -2.24. The summed E-state index contributed by atoms with van der Waals surface area (Å²) < 4.78 is 6.87. The van der Waals surface area contributed by atoms with Crippen molar-refractivity contribution < 1.29 is 4.74 Å². The molecule has 21 heavy (non-hydrogen) atoms. The Bertz CT molecular complexity index is 501. The molecule has 2 heterocycles. The van der Waals surface area contributed by atoms with Crippen molar-refractivity contribution in [3.05, 3.63) is 16.2 Å². The van der Waals surface area contributed by atoms with Gasteiger partial charge < -0.3 is 15.0 Å². The van der Waals surface area contributed by atoms with Crippen LogP contribution in [0, 0.1) is 6.92 Å². The zero-order chi connectivity index (χ0) is 15.2. The highest BCUT2D eigenvalue weighted by Gasteiger charge is 2.17. The molecule has 0 spiro atoms. The van der Waals surface area contributed by atoms with Gasteiger partial charge in [0, 0.05) is 13.6 Å². The number of hydrogen-bond acceptors (Lipinski definition) is 4. The molecule has 6 heteroatoms. The van der Waals surface area contributed by atoms with Crippen LogP contribution in [0.2, 0.25) is 0 Å². The first-order valence-electron chi connectivity index (χ1n) is 7.39. The molecule has 0 saturated carbocycles. The number of aromatic nitrogens is 1. The number of hydrogen-bond donors (Lipinski definition) is 1. The van der Waals surface area contributed by atoms with E-state index in [0.717, 1.165) is 48.3 Å². The molecule has 0 atom stereocenters. The van der Waals surface area contributed by atoms with Gasteiger partial charge in [-0.15, -0.1) is 0 Å². The average Bonchev–Trinajstić information content (AvgIpc) is 2.50. The highest BCUT2D eigenvalue weighted by molar-refractivity contribution is 9.10. The van der Waals surface area contributed by atoms with E-state index in [4.69, 9.17) is 4.74 Å². The third-order valence-electron chi connectivity index (χ3n) is 3.56. The van der Waals surface area contributed by atoms with Crippen LogP contribution in [0.3, 0.4) is 0 Å². The minimum Gasteiger partial charge on any atom is -0.473 e. The molecule has 1 aromatic heterocycles. The molecule has 0 aromatic carbocycles. The summed E-state index contributed by atoms with van der Waals surface area (Å²) in [5, 5.41) is 3.33. The fraction of sp³-hybridized carbons (Fsp3) is 0.600. The van der Waals surface area contributed by atoms with E-state index in [0.29, 0.717) is 5.88 Å². The van der Waals surface area contributed by atoms with Gasteiger partial charge in [-0.2, -0.15) is 0 Å². The zero-order valence-corrected chi connectivity index (χ0v) is 14.5. The lowest BCUT2D eigenvalue weighted by Crippen LogP contribution is -2.34. The van der Waals surface area contributed by atoms with E-state index in [1.165, 1.54) is 0 Å². The van der Waals surface area contributed by atoms with Crippen LogP contribution in [0.15, 0.2) is 15.5 Å². The van der Waals surface area contributed by atoms with Gasteiger partial charge in [-0.1, -0.05) is 0 Å². The number of nitrogens with one attached hydrogen (secondary N) is 1. The number of piperidine rings is 1. The second-order valence-corrected chi connectivity index (χ2v) is 6.12. The first-order chi connectivity index (χ1) is 10.1. The van der Waals surface area contributed by atoms with Crippen LogP contribution in [-0.4, -0.2) is 49.0 Å². The summed E-state index contributed by atoms with van der Waals surface area (Å²) in [6.45, 7) is 6.98. The van der Waals surface area contributed by atoms with Gasteiger partial charge in [0.05, 0.1) is 22.2 Å². The van der Waals surface area contributed by atoms with Crippen molar-refractivity contribution in [2.45, 2.75) is 32.8 Å². The maximum atomic E-state index is 6.01. The van der Waals surface area contributed by atoms with Crippen LogP contribution in [0.4, 0.5) is 5.69 Å². The lowest BCUT2D eigenvalue weighted by molar-refractivity contribution is 0.154. The Balaban J connectivity index is 2.10. The topological polar surface area (TPSA) is 49.8 Å². The summed E-state index contributed by atoms with van der Waals surface area (Å²) in [5.74, 6) is 0.669. The summed E-state index contributed by atoms with van der Waals surface area (Å²) in [6, 6.07) is 1.97. The summed E-state index contributed by atoms with van der Waals surface area (Å²) in [6.07, 6.45) is 4.11. The van der Waals surface area contributed by atoms with Crippen LogP contribution in [-0.2, 0) is 0 Å². The quantitative estimate of drug-likeness (QED) is 0.652. The van der Waals surface area contributed by atoms with Crippen LogP contribution >= 0.6 is 15.9 Å². The van der Waals surface area contributed by atoms with Crippen molar-refractivity contribution in [1.29, 1.82) is 0 Å². The summed E-state index contributed by atoms with van der Waals surface area (Å²) in [7, 11) is 2.00. The van der Waals surface area contributed by atoms with Crippen LogP contribution in [0.1, 0.15) is 25.5 Å². The van der Waals surface area contributed by atoms with E-state index in [-0.39, 0.29) is 6.10 Å². The van der Waals surface area contributed by atoms with Crippen molar-refractivity contribution >= 4 is 28.0 Å². The second-order valence-electron chi connectivity index (χ2n) is 5.26. The van der Waals surface area contributed by atoms with Gasteiger partial charge in [-0.25, -0.2) is 9.98 Å². The molecule has 0 aliphatic carbocycles. The van der Waals surface area contributed by atoms with E-state index in [9.17, 15) is 0 Å². The lowest BCUT2D eigenvalue weighted by atomic mass is 10.1. The summed E-state index contributed by atoms with van der Waals surface area (Å²) >= 11 is 3.54. The molecule has 0 amide bonds. The van der Waals surface area contributed by atoms with Crippen molar-refractivity contribution in [2.24, 2.45) is 4.99 Å². The first-order valence-corrected chi connectivity index (χ1v) is 8.18. The van der Waals surface area contributed by atoms with Crippen molar-refractivity contribution in [3.8, 4) is 5.88 Å². The monoisotopic (exact) mass is 354 g/mol. The molecule has 1 aromatic rings. The van der Waals surface area contributed by atoms with Gasteiger partial charge >= 0.3 is 0 Å². The predicted molar refractivity (Wildman–Crippen MR) is 89.6 cm³/mol. The smallest absolute Gasteiger partial charge is 0.228 e. The number of aliphatic imine (C=N–C) groups is 1. The van der Waals surface area contributed by atoms with Gasteiger partial charge in [0.15, 0.2) is 0 Å². The standard InChI is InChI=1S/C15H23BrN4O/c1-4-20(3)10-18-14-9-13(16)15(19-11(14)2)21-12-5-7-17-8-6-12/h9-10,12,17H,4-8H2,1-3H3/b18-10+. The molecule has 1 saturated heterocycles. The minimum atomic E-state index is 0.245. The minimum absolute atomic E-state index is 0.245. The Morgan fingerprint density at radius 1 is 1.52 bits per heavy atom. The van der Waals surface area contributed by atoms with Gasteiger partial charge in [-0.05, 0) is 61.8 Å². The molecular formula is C15H23BrN4O. The number of aryl methyl sites for hydroxylation is 1. The Kier molecular flexibility index (Phi) is 5.99. The highest BCUT2D eigenvalue weighted by Crippen LogP contribution is 2.31. The molecule has 1 aliphatic heterocycles. The van der Waals surface area contributed by atoms with Crippen LogP contribution in [0.5, 0.6) is 5.88 Å². The SMILES string of the molecule is CCN(C)/C=N/c1cc(Br)c(OC2CCNCC2)nc1C. The third kappa shape index (κ3) is 4.68. The second kappa shape index (κ2) is 7.75. The van der Waals surface area contributed by atoms with E-state index in [1.807, 2.05) is 31.3 Å². The molecular weight excluding hydrogens is 332 g/mol. The highest BCUT2D eigenvalue weighted by atomic mass is 79.9. The van der Waals surface area contributed by atoms with Gasteiger partial charge in [-0.3, -0.25) is 0 Å². The molecule has 2 rings (SSSR count). The number of nitrogens with zero attached hydrogens (tertiary/aromatic N) is 3. The van der Waals surface area contributed by atoms with Crippen LogP contribution < -0.4 is 10.1 Å². The largest absolute Gasteiger partial charge is 0.473 e. The molecule has 1 fully saturated rings. The Morgan fingerprint density at radius 2 is 2.24 bits per heavy atom. The first kappa shape index (κ1) is 16.2. The molecule has 116 valence electrons. The number of rotatable bonds is 5. The fourth-order valence-electron chi connectivity index (χ4n) is 2.08.